The van der Waals surface area contributed by atoms with Crippen molar-refractivity contribution < 1.29 is 4.74 Å². The smallest absolute Gasteiger partial charge is 0.158 e. The first-order chi connectivity index (χ1) is 8.81. The number of nitrogen functional groups attached to an aromatic ring is 1. The Morgan fingerprint density at radius 2 is 2.39 bits per heavy atom. The predicted molar refractivity (Wildman–Crippen MR) is 69.8 cm³/mol. The van der Waals surface area contributed by atoms with Gasteiger partial charge >= 0.3 is 0 Å². The molecule has 100 valence electrons. The highest BCUT2D eigenvalue weighted by molar-refractivity contribution is 5.28. The van der Waals surface area contributed by atoms with Gasteiger partial charge in [0, 0.05) is 19.7 Å². The van der Waals surface area contributed by atoms with Crippen molar-refractivity contribution in [3.05, 3.63) is 18.1 Å². The third-order valence-corrected chi connectivity index (χ3v) is 3.17. The Hall–Kier alpha value is -1.24. The van der Waals surface area contributed by atoms with Crippen LogP contribution in [-0.4, -0.2) is 40.7 Å². The van der Waals surface area contributed by atoms with Crippen molar-refractivity contribution in [2.24, 2.45) is 5.84 Å². The van der Waals surface area contributed by atoms with Gasteiger partial charge < -0.3 is 10.2 Å². The molecule has 18 heavy (non-hydrogen) atoms. The molecule has 1 saturated heterocycles. The first kappa shape index (κ1) is 13.2. The topological polar surface area (TPSA) is 76.3 Å². The molecule has 3 N–H and O–H groups in total. The average molecular weight is 251 g/mol. The number of rotatable bonds is 6. The zero-order valence-electron chi connectivity index (χ0n) is 10.8. The molecule has 1 aromatic heterocycles. The van der Waals surface area contributed by atoms with Crippen molar-refractivity contribution in [3.63, 3.8) is 0 Å². The predicted octanol–water partition coefficient (Wildman–Crippen LogP) is 0.763. The van der Waals surface area contributed by atoms with Crippen LogP contribution < -0.4 is 11.3 Å². The van der Waals surface area contributed by atoms with Crippen LogP contribution in [0.2, 0.25) is 0 Å². The summed E-state index contributed by atoms with van der Waals surface area (Å²) in [5.74, 6) is 5.84. The first-order valence-corrected chi connectivity index (χ1v) is 6.43. The average Bonchev–Trinajstić information content (AvgIpc) is 2.91. The molecule has 0 radical (unpaired) electrons. The second kappa shape index (κ2) is 6.63. The van der Waals surface area contributed by atoms with Crippen LogP contribution >= 0.6 is 0 Å². The number of anilines is 1. The second-order valence-corrected chi connectivity index (χ2v) is 4.50. The summed E-state index contributed by atoms with van der Waals surface area (Å²) in [6.07, 6.45) is 6.13. The zero-order valence-corrected chi connectivity index (χ0v) is 10.8. The largest absolute Gasteiger partial charge is 0.377 e. The minimum atomic E-state index is 0.378. The van der Waals surface area contributed by atoms with Crippen molar-refractivity contribution in [2.45, 2.75) is 32.4 Å². The maximum Gasteiger partial charge on any atom is 0.158 e. The van der Waals surface area contributed by atoms with Gasteiger partial charge in [-0.05, 0) is 19.4 Å². The molecular formula is C12H21N5O. The van der Waals surface area contributed by atoms with E-state index in [0.717, 1.165) is 38.4 Å². The van der Waals surface area contributed by atoms with E-state index in [-0.39, 0.29) is 0 Å². The second-order valence-electron chi connectivity index (χ2n) is 4.50. The standard InChI is InChI=1S/C12H21N5O/c1-2-17(9-11-4-3-5-18-11)8-10-6-15-12(16-13)7-14-10/h6-7,11H,2-5,8-9,13H2,1H3,(H,15,16). The summed E-state index contributed by atoms with van der Waals surface area (Å²) in [6, 6.07) is 0. The SMILES string of the molecule is CCN(Cc1cnc(NN)cn1)CC1CCCO1. The number of likely N-dealkylation sites (N-methyl/N-ethyl adjacent to an activating group) is 1. The van der Waals surface area contributed by atoms with Gasteiger partial charge in [0.2, 0.25) is 0 Å². The number of nitrogens with one attached hydrogen (secondary N) is 1. The Labute approximate surface area is 108 Å². The van der Waals surface area contributed by atoms with Gasteiger partial charge in [-0.25, -0.2) is 10.8 Å². The number of hydrazine groups is 1. The maximum atomic E-state index is 5.66. The lowest BCUT2D eigenvalue weighted by Gasteiger charge is -2.23. The molecular weight excluding hydrogens is 230 g/mol. The van der Waals surface area contributed by atoms with E-state index >= 15 is 0 Å². The minimum Gasteiger partial charge on any atom is -0.377 e. The number of hydrogen-bond acceptors (Lipinski definition) is 6. The molecule has 0 saturated carbocycles. The lowest BCUT2D eigenvalue weighted by molar-refractivity contribution is 0.0720. The van der Waals surface area contributed by atoms with Crippen LogP contribution in [0.4, 0.5) is 5.82 Å². The van der Waals surface area contributed by atoms with E-state index in [4.69, 9.17) is 10.6 Å². The number of hydrogen-bond donors (Lipinski definition) is 2. The Balaban J connectivity index is 1.87. The highest BCUT2D eigenvalue weighted by atomic mass is 16.5. The number of nitrogens with zero attached hydrogens (tertiary/aromatic N) is 3. The minimum absolute atomic E-state index is 0.378. The third kappa shape index (κ3) is 3.63. The zero-order chi connectivity index (χ0) is 12.8. The fraction of sp³-hybridized carbons (Fsp3) is 0.667. The van der Waals surface area contributed by atoms with Crippen LogP contribution in [0.3, 0.4) is 0 Å². The van der Waals surface area contributed by atoms with Crippen LogP contribution in [0.1, 0.15) is 25.5 Å². The van der Waals surface area contributed by atoms with Crippen LogP contribution in [0.25, 0.3) is 0 Å². The van der Waals surface area contributed by atoms with Gasteiger partial charge in [-0.15, -0.1) is 0 Å². The molecule has 1 aliphatic rings. The fourth-order valence-electron chi connectivity index (χ4n) is 2.12. The Morgan fingerprint density at radius 1 is 1.50 bits per heavy atom. The lowest BCUT2D eigenvalue weighted by atomic mass is 10.2. The van der Waals surface area contributed by atoms with Gasteiger partial charge in [-0.2, -0.15) is 0 Å². The van der Waals surface area contributed by atoms with Gasteiger partial charge in [0.15, 0.2) is 5.82 Å². The number of aromatic nitrogens is 2. The molecule has 1 fully saturated rings. The van der Waals surface area contributed by atoms with E-state index in [9.17, 15) is 0 Å². The molecule has 1 aliphatic heterocycles. The summed E-state index contributed by atoms with van der Waals surface area (Å²) in [5, 5.41) is 0. The number of nitrogens with two attached hydrogens (primary N) is 1. The Morgan fingerprint density at radius 3 is 2.94 bits per heavy atom. The molecule has 0 amide bonds. The van der Waals surface area contributed by atoms with Crippen molar-refractivity contribution >= 4 is 5.82 Å². The van der Waals surface area contributed by atoms with E-state index in [0.29, 0.717) is 11.9 Å². The summed E-state index contributed by atoms with van der Waals surface area (Å²) < 4.78 is 5.66. The molecule has 0 aliphatic carbocycles. The highest BCUT2D eigenvalue weighted by Crippen LogP contribution is 2.14. The molecule has 1 aromatic rings. The lowest BCUT2D eigenvalue weighted by Crippen LogP contribution is -2.32. The maximum absolute atomic E-state index is 5.66. The summed E-state index contributed by atoms with van der Waals surface area (Å²) in [4.78, 5) is 10.8. The van der Waals surface area contributed by atoms with Crippen molar-refractivity contribution in [3.8, 4) is 0 Å². The van der Waals surface area contributed by atoms with Crippen LogP contribution in [0, 0.1) is 0 Å². The first-order valence-electron chi connectivity index (χ1n) is 6.43. The molecule has 0 spiro atoms. The van der Waals surface area contributed by atoms with E-state index in [1.165, 1.54) is 6.42 Å². The molecule has 0 bridgehead atoms. The Kier molecular flexibility index (Phi) is 4.86. The van der Waals surface area contributed by atoms with Crippen molar-refractivity contribution in [2.75, 3.05) is 25.1 Å². The van der Waals surface area contributed by atoms with Crippen molar-refractivity contribution in [1.29, 1.82) is 0 Å². The van der Waals surface area contributed by atoms with Crippen LogP contribution in [0.5, 0.6) is 0 Å². The van der Waals surface area contributed by atoms with Gasteiger partial charge in [-0.3, -0.25) is 9.88 Å². The molecule has 6 nitrogen and oxygen atoms in total. The van der Waals surface area contributed by atoms with Crippen LogP contribution in [-0.2, 0) is 11.3 Å². The molecule has 2 heterocycles. The summed E-state index contributed by atoms with van der Waals surface area (Å²) in [5.41, 5.74) is 3.43. The van der Waals surface area contributed by atoms with E-state index in [1.54, 1.807) is 12.4 Å². The molecule has 0 aromatic carbocycles. The highest BCUT2D eigenvalue weighted by Gasteiger charge is 2.18. The summed E-state index contributed by atoms with van der Waals surface area (Å²) in [6.45, 7) is 5.80. The monoisotopic (exact) mass is 251 g/mol. The summed E-state index contributed by atoms with van der Waals surface area (Å²) >= 11 is 0. The van der Waals surface area contributed by atoms with Crippen LogP contribution in [0.15, 0.2) is 12.4 Å². The number of ether oxygens (including phenoxy) is 1. The van der Waals surface area contributed by atoms with Gasteiger partial charge in [0.25, 0.3) is 0 Å². The molecule has 1 atom stereocenters. The Bertz CT molecular complexity index is 350. The van der Waals surface area contributed by atoms with Crippen molar-refractivity contribution in [1.82, 2.24) is 14.9 Å². The van der Waals surface area contributed by atoms with Gasteiger partial charge in [0.1, 0.15) is 0 Å². The fourth-order valence-corrected chi connectivity index (χ4v) is 2.12. The van der Waals surface area contributed by atoms with E-state index < -0.39 is 0 Å². The molecule has 1 unspecified atom stereocenters. The third-order valence-electron chi connectivity index (χ3n) is 3.17. The normalized spacial score (nSPS) is 19.4. The quantitative estimate of drug-likeness (QED) is 0.574. The molecule has 6 heteroatoms. The molecule has 2 rings (SSSR count). The van der Waals surface area contributed by atoms with E-state index in [1.807, 2.05) is 0 Å². The van der Waals surface area contributed by atoms with Gasteiger partial charge in [-0.1, -0.05) is 6.92 Å². The van der Waals surface area contributed by atoms with Gasteiger partial charge in [0.05, 0.1) is 24.2 Å². The summed E-state index contributed by atoms with van der Waals surface area (Å²) in [7, 11) is 0. The van der Waals surface area contributed by atoms with E-state index in [2.05, 4.69) is 27.2 Å².